The number of hydrogen-bond acceptors (Lipinski definition) is 1. The largest absolute Gasteiger partial charge is 0.366 e. The Morgan fingerprint density at radius 3 is 2.88 bits per heavy atom. The predicted molar refractivity (Wildman–Crippen MR) is 71.2 cm³/mol. The van der Waals surface area contributed by atoms with Crippen LogP contribution in [0, 0.1) is 23.7 Å². The van der Waals surface area contributed by atoms with Crippen molar-refractivity contribution >= 4 is 11.6 Å². The van der Waals surface area contributed by atoms with Gasteiger partial charge in [-0.05, 0) is 56.3 Å². The van der Waals surface area contributed by atoms with Crippen LogP contribution in [0.15, 0.2) is 12.2 Å². The average molecular weight is 255 g/mol. The topological polar surface area (TPSA) is 12.5 Å². The first kappa shape index (κ1) is 12.0. The van der Waals surface area contributed by atoms with Crippen LogP contribution in [0.5, 0.6) is 0 Å². The molecule has 2 heteroatoms. The van der Waals surface area contributed by atoms with Gasteiger partial charge in [-0.1, -0.05) is 19.1 Å². The van der Waals surface area contributed by atoms with Gasteiger partial charge in [-0.15, -0.1) is 11.6 Å². The number of alkyl halides is 1. The van der Waals surface area contributed by atoms with Gasteiger partial charge in [0.15, 0.2) is 0 Å². The average Bonchev–Trinajstić information content (AvgIpc) is 3.01. The van der Waals surface area contributed by atoms with E-state index in [4.69, 9.17) is 16.3 Å². The van der Waals surface area contributed by atoms with Gasteiger partial charge in [0.2, 0.25) is 0 Å². The maximum absolute atomic E-state index is 6.02. The standard InChI is InChI=1S/C15H23ClO/c1-9-4-5-11(10(2)8-16)13-12(9)6-7-15(3)14(13)17-15/h9,11-14H,2,4-8H2,1,3H3/t9-,11+,12+,13-,14?,15?/m1/s1. The second-order valence-corrected chi connectivity index (χ2v) is 6.85. The van der Waals surface area contributed by atoms with E-state index in [2.05, 4.69) is 20.4 Å². The van der Waals surface area contributed by atoms with Gasteiger partial charge >= 0.3 is 0 Å². The monoisotopic (exact) mass is 254 g/mol. The Morgan fingerprint density at radius 2 is 2.18 bits per heavy atom. The predicted octanol–water partition coefficient (Wildman–Crippen LogP) is 4.01. The molecule has 1 nitrogen and oxygen atoms in total. The molecule has 1 heterocycles. The summed E-state index contributed by atoms with van der Waals surface area (Å²) in [5, 5.41) is 0. The van der Waals surface area contributed by atoms with Crippen LogP contribution in [0.4, 0.5) is 0 Å². The summed E-state index contributed by atoms with van der Waals surface area (Å²) in [7, 11) is 0. The maximum atomic E-state index is 6.02. The smallest absolute Gasteiger partial charge is 0.0923 e. The number of hydrogen-bond donors (Lipinski definition) is 0. The molecule has 3 aliphatic rings. The van der Waals surface area contributed by atoms with E-state index in [0.717, 1.165) is 11.8 Å². The highest BCUT2D eigenvalue weighted by Crippen LogP contribution is 2.60. The Bertz CT molecular complexity index is 340. The summed E-state index contributed by atoms with van der Waals surface area (Å²) in [5.41, 5.74) is 1.44. The molecule has 0 amide bonds. The zero-order valence-corrected chi connectivity index (χ0v) is 11.7. The van der Waals surface area contributed by atoms with Crippen molar-refractivity contribution in [3.8, 4) is 0 Å². The molecule has 0 radical (unpaired) electrons. The first-order valence-corrected chi connectivity index (χ1v) is 7.52. The second kappa shape index (κ2) is 3.99. The molecule has 2 unspecified atom stereocenters. The quantitative estimate of drug-likeness (QED) is 0.412. The third-order valence-corrected chi connectivity index (χ3v) is 5.93. The Balaban J connectivity index is 1.85. The highest BCUT2D eigenvalue weighted by Gasteiger charge is 2.63. The minimum atomic E-state index is 0.197. The SMILES string of the molecule is C=C(CCl)[C@@H]1CC[C@@H](C)[C@@H]2CCC3(C)OC3[C@@H]21. The van der Waals surface area contributed by atoms with Crippen molar-refractivity contribution in [1.29, 1.82) is 0 Å². The van der Waals surface area contributed by atoms with Gasteiger partial charge in [0.1, 0.15) is 0 Å². The van der Waals surface area contributed by atoms with Crippen molar-refractivity contribution in [1.82, 2.24) is 0 Å². The highest BCUT2D eigenvalue weighted by molar-refractivity contribution is 6.19. The van der Waals surface area contributed by atoms with E-state index in [1.807, 2.05) is 0 Å². The molecule has 3 fully saturated rings. The van der Waals surface area contributed by atoms with Crippen molar-refractivity contribution in [2.24, 2.45) is 23.7 Å². The number of ether oxygens (including phenoxy) is 1. The molecule has 3 rings (SSSR count). The molecule has 0 N–H and O–H groups in total. The Labute approximate surface area is 110 Å². The van der Waals surface area contributed by atoms with Crippen LogP contribution in [-0.4, -0.2) is 17.6 Å². The zero-order valence-electron chi connectivity index (χ0n) is 10.9. The summed E-state index contributed by atoms with van der Waals surface area (Å²) >= 11 is 6.01. The van der Waals surface area contributed by atoms with Crippen LogP contribution in [0.3, 0.4) is 0 Å². The lowest BCUT2D eigenvalue weighted by atomic mass is 9.58. The lowest BCUT2D eigenvalue weighted by Crippen LogP contribution is -2.43. The van der Waals surface area contributed by atoms with E-state index >= 15 is 0 Å². The fourth-order valence-corrected chi connectivity index (χ4v) is 4.61. The minimum Gasteiger partial charge on any atom is -0.366 e. The summed E-state index contributed by atoms with van der Waals surface area (Å²) in [6.45, 7) is 8.91. The Morgan fingerprint density at radius 1 is 1.41 bits per heavy atom. The first-order valence-electron chi connectivity index (χ1n) is 6.98. The normalized spacial score (nSPS) is 52.5. The first-order chi connectivity index (χ1) is 8.07. The van der Waals surface area contributed by atoms with E-state index < -0.39 is 0 Å². The number of allylic oxidation sites excluding steroid dienone is 1. The minimum absolute atomic E-state index is 0.197. The van der Waals surface area contributed by atoms with Gasteiger partial charge in [0.05, 0.1) is 11.7 Å². The van der Waals surface area contributed by atoms with Crippen LogP contribution in [0.2, 0.25) is 0 Å². The molecule has 0 bridgehead atoms. The Kier molecular flexibility index (Phi) is 2.83. The molecule has 1 saturated heterocycles. The van der Waals surface area contributed by atoms with Crippen LogP contribution in [-0.2, 0) is 4.74 Å². The number of epoxide rings is 1. The van der Waals surface area contributed by atoms with E-state index in [-0.39, 0.29) is 5.60 Å². The van der Waals surface area contributed by atoms with Crippen molar-refractivity contribution in [2.75, 3.05) is 5.88 Å². The molecule has 0 aromatic heterocycles. The third-order valence-electron chi connectivity index (χ3n) is 5.58. The van der Waals surface area contributed by atoms with E-state index in [1.165, 1.54) is 31.3 Å². The van der Waals surface area contributed by atoms with Crippen molar-refractivity contribution in [3.63, 3.8) is 0 Å². The molecule has 17 heavy (non-hydrogen) atoms. The Hall–Kier alpha value is -0.0100. The van der Waals surface area contributed by atoms with Gasteiger partial charge in [-0.3, -0.25) is 0 Å². The summed E-state index contributed by atoms with van der Waals surface area (Å²) in [6.07, 6.45) is 5.69. The van der Waals surface area contributed by atoms with Gasteiger partial charge in [-0.25, -0.2) is 0 Å². The summed E-state index contributed by atoms with van der Waals surface area (Å²) in [4.78, 5) is 0. The molecule has 2 saturated carbocycles. The van der Waals surface area contributed by atoms with Gasteiger partial charge < -0.3 is 4.74 Å². The van der Waals surface area contributed by atoms with Crippen LogP contribution >= 0.6 is 11.6 Å². The van der Waals surface area contributed by atoms with E-state index in [9.17, 15) is 0 Å². The van der Waals surface area contributed by atoms with Crippen LogP contribution in [0.25, 0.3) is 0 Å². The molecular formula is C15H23ClO. The van der Waals surface area contributed by atoms with Gasteiger partial charge in [0, 0.05) is 5.88 Å². The highest BCUT2D eigenvalue weighted by atomic mass is 35.5. The van der Waals surface area contributed by atoms with Crippen LogP contribution in [0.1, 0.15) is 39.5 Å². The van der Waals surface area contributed by atoms with Gasteiger partial charge in [0.25, 0.3) is 0 Å². The van der Waals surface area contributed by atoms with Crippen molar-refractivity contribution in [2.45, 2.75) is 51.2 Å². The molecular weight excluding hydrogens is 232 g/mol. The van der Waals surface area contributed by atoms with Crippen LogP contribution < -0.4 is 0 Å². The molecule has 0 aromatic rings. The molecule has 1 aliphatic heterocycles. The number of fused-ring (bicyclic) bond motifs is 3. The zero-order chi connectivity index (χ0) is 12.2. The van der Waals surface area contributed by atoms with E-state index in [0.29, 0.717) is 23.8 Å². The summed E-state index contributed by atoms with van der Waals surface area (Å²) < 4.78 is 6.02. The number of halogens is 1. The maximum Gasteiger partial charge on any atom is 0.0923 e. The second-order valence-electron chi connectivity index (χ2n) is 6.58. The van der Waals surface area contributed by atoms with E-state index in [1.54, 1.807) is 0 Å². The fraction of sp³-hybridized carbons (Fsp3) is 0.867. The lowest BCUT2D eigenvalue weighted by molar-refractivity contribution is 0.0758. The summed E-state index contributed by atoms with van der Waals surface area (Å²) in [6, 6.07) is 0. The molecule has 6 atom stereocenters. The van der Waals surface area contributed by atoms with Crippen molar-refractivity contribution in [3.05, 3.63) is 12.2 Å². The lowest BCUT2D eigenvalue weighted by Gasteiger charge is -2.45. The third kappa shape index (κ3) is 1.77. The van der Waals surface area contributed by atoms with Crippen molar-refractivity contribution < 1.29 is 4.74 Å². The molecule has 0 spiro atoms. The fourth-order valence-electron chi connectivity index (χ4n) is 4.41. The molecule has 0 aromatic carbocycles. The molecule has 96 valence electrons. The number of rotatable bonds is 2. The van der Waals surface area contributed by atoms with Gasteiger partial charge in [-0.2, -0.15) is 0 Å². The summed E-state index contributed by atoms with van der Waals surface area (Å²) in [5.74, 6) is 3.62. The molecule has 2 aliphatic carbocycles.